The number of esters is 1. The number of hydrogen-bond acceptors (Lipinski definition) is 6. The Balaban J connectivity index is 1.65. The van der Waals surface area contributed by atoms with E-state index in [0.717, 1.165) is 37.1 Å². The molecule has 1 aliphatic rings. The lowest BCUT2D eigenvalue weighted by Gasteiger charge is -2.17. The Morgan fingerprint density at radius 3 is 2.59 bits per heavy atom. The van der Waals surface area contributed by atoms with Gasteiger partial charge in [-0.25, -0.2) is 4.79 Å². The van der Waals surface area contributed by atoms with E-state index < -0.39 is 23.4 Å². The summed E-state index contributed by atoms with van der Waals surface area (Å²) < 4.78 is 5.05. The maximum atomic E-state index is 12.3. The molecular formula is C21H23N3O5. The molecule has 0 saturated carbocycles. The van der Waals surface area contributed by atoms with Gasteiger partial charge < -0.3 is 15.0 Å². The third-order valence-electron chi connectivity index (χ3n) is 5.07. The van der Waals surface area contributed by atoms with E-state index in [1.807, 2.05) is 30.9 Å². The standard InChI is InChI=1S/C21H23N3O5/c1-14-6-5-7-17(15(14)2)22-20(25)13-29-21(26)16-8-9-18(19(12-16)24(27)28)23-10-3-4-11-23/h5-9,12H,3-4,10-11,13H2,1-2H3,(H,22,25). The summed E-state index contributed by atoms with van der Waals surface area (Å²) in [7, 11) is 0. The summed E-state index contributed by atoms with van der Waals surface area (Å²) >= 11 is 0. The molecule has 1 aliphatic heterocycles. The highest BCUT2D eigenvalue weighted by Gasteiger charge is 2.24. The number of aryl methyl sites for hydroxylation is 1. The average molecular weight is 397 g/mol. The molecule has 1 amide bonds. The van der Waals surface area contributed by atoms with Crippen LogP contribution in [0.15, 0.2) is 36.4 Å². The van der Waals surface area contributed by atoms with Crippen molar-refractivity contribution in [1.82, 2.24) is 0 Å². The first-order chi connectivity index (χ1) is 13.9. The first-order valence-corrected chi connectivity index (χ1v) is 9.43. The third-order valence-corrected chi connectivity index (χ3v) is 5.07. The van der Waals surface area contributed by atoms with Crippen LogP contribution in [0.1, 0.15) is 34.3 Å². The molecule has 0 radical (unpaired) electrons. The topological polar surface area (TPSA) is 102 Å². The van der Waals surface area contributed by atoms with Crippen molar-refractivity contribution >= 4 is 28.9 Å². The van der Waals surface area contributed by atoms with Gasteiger partial charge in [-0.2, -0.15) is 0 Å². The van der Waals surface area contributed by atoms with E-state index in [1.165, 1.54) is 12.1 Å². The van der Waals surface area contributed by atoms with Crippen LogP contribution in [0, 0.1) is 24.0 Å². The van der Waals surface area contributed by atoms with E-state index in [1.54, 1.807) is 12.1 Å². The van der Waals surface area contributed by atoms with Gasteiger partial charge in [-0.15, -0.1) is 0 Å². The predicted octanol–water partition coefficient (Wildman–Crippen LogP) is 3.61. The number of carbonyl (C=O) groups excluding carboxylic acids is 2. The molecular weight excluding hydrogens is 374 g/mol. The number of nitro benzene ring substituents is 1. The number of rotatable bonds is 6. The van der Waals surface area contributed by atoms with Gasteiger partial charge >= 0.3 is 5.97 Å². The van der Waals surface area contributed by atoms with Gasteiger partial charge in [0.15, 0.2) is 6.61 Å². The molecule has 3 rings (SSSR count). The van der Waals surface area contributed by atoms with Crippen molar-refractivity contribution in [1.29, 1.82) is 0 Å². The zero-order valence-corrected chi connectivity index (χ0v) is 16.4. The number of nitrogens with zero attached hydrogens (tertiary/aromatic N) is 2. The van der Waals surface area contributed by atoms with Gasteiger partial charge in [0.2, 0.25) is 0 Å². The second-order valence-corrected chi connectivity index (χ2v) is 7.03. The molecule has 1 heterocycles. The molecule has 1 N–H and O–H groups in total. The fourth-order valence-corrected chi connectivity index (χ4v) is 3.31. The summed E-state index contributed by atoms with van der Waals surface area (Å²) in [4.78, 5) is 37.3. The molecule has 1 fully saturated rings. The molecule has 0 atom stereocenters. The number of amides is 1. The minimum absolute atomic E-state index is 0.0409. The molecule has 0 spiro atoms. The van der Waals surface area contributed by atoms with Gasteiger partial charge in [0.1, 0.15) is 5.69 Å². The quantitative estimate of drug-likeness (QED) is 0.454. The van der Waals surface area contributed by atoms with E-state index in [4.69, 9.17) is 4.74 Å². The van der Waals surface area contributed by atoms with E-state index in [2.05, 4.69) is 5.32 Å². The number of anilines is 2. The zero-order chi connectivity index (χ0) is 21.0. The van der Waals surface area contributed by atoms with Crippen molar-refractivity contribution in [3.05, 3.63) is 63.2 Å². The van der Waals surface area contributed by atoms with Crippen LogP contribution in [-0.4, -0.2) is 36.5 Å². The van der Waals surface area contributed by atoms with Crippen molar-refractivity contribution in [3.63, 3.8) is 0 Å². The molecule has 8 nitrogen and oxygen atoms in total. The Morgan fingerprint density at radius 2 is 1.90 bits per heavy atom. The molecule has 29 heavy (non-hydrogen) atoms. The largest absolute Gasteiger partial charge is 0.452 e. The van der Waals surface area contributed by atoms with Crippen molar-refractivity contribution in [2.45, 2.75) is 26.7 Å². The van der Waals surface area contributed by atoms with Gasteiger partial charge in [0, 0.05) is 24.8 Å². The van der Waals surface area contributed by atoms with Crippen molar-refractivity contribution < 1.29 is 19.2 Å². The smallest absolute Gasteiger partial charge is 0.338 e. The summed E-state index contributed by atoms with van der Waals surface area (Å²) in [6.45, 7) is 4.85. The molecule has 1 saturated heterocycles. The zero-order valence-electron chi connectivity index (χ0n) is 16.4. The van der Waals surface area contributed by atoms with Gasteiger partial charge in [-0.1, -0.05) is 12.1 Å². The van der Waals surface area contributed by atoms with Gasteiger partial charge in [0.25, 0.3) is 11.6 Å². The maximum absolute atomic E-state index is 12.3. The van der Waals surface area contributed by atoms with Crippen LogP contribution in [-0.2, 0) is 9.53 Å². The lowest BCUT2D eigenvalue weighted by atomic mass is 10.1. The lowest BCUT2D eigenvalue weighted by molar-refractivity contribution is -0.384. The van der Waals surface area contributed by atoms with E-state index in [-0.39, 0.29) is 11.3 Å². The van der Waals surface area contributed by atoms with Crippen LogP contribution in [0.3, 0.4) is 0 Å². The van der Waals surface area contributed by atoms with Crippen molar-refractivity contribution in [2.24, 2.45) is 0 Å². The van der Waals surface area contributed by atoms with Crippen molar-refractivity contribution in [2.75, 3.05) is 29.9 Å². The Hall–Kier alpha value is -3.42. The number of ether oxygens (including phenoxy) is 1. The maximum Gasteiger partial charge on any atom is 0.338 e. The SMILES string of the molecule is Cc1cccc(NC(=O)COC(=O)c2ccc(N3CCCC3)c([N+](=O)[O-])c2)c1C. The Labute approximate surface area is 168 Å². The van der Waals surface area contributed by atoms with Crippen LogP contribution >= 0.6 is 0 Å². The monoisotopic (exact) mass is 397 g/mol. The molecule has 0 unspecified atom stereocenters. The minimum Gasteiger partial charge on any atom is -0.452 e. The normalized spacial score (nSPS) is 13.2. The first kappa shape index (κ1) is 20.3. The number of carbonyl (C=O) groups is 2. The summed E-state index contributed by atoms with van der Waals surface area (Å²) in [6, 6.07) is 9.79. The fraction of sp³-hybridized carbons (Fsp3) is 0.333. The van der Waals surface area contributed by atoms with Crippen LogP contribution in [0.4, 0.5) is 17.1 Å². The van der Waals surface area contributed by atoms with Crippen molar-refractivity contribution in [3.8, 4) is 0 Å². The highest BCUT2D eigenvalue weighted by Crippen LogP contribution is 2.31. The summed E-state index contributed by atoms with van der Waals surface area (Å²) in [5.41, 5.74) is 3.01. The Kier molecular flexibility index (Phi) is 6.11. The second kappa shape index (κ2) is 8.72. The summed E-state index contributed by atoms with van der Waals surface area (Å²) in [6.07, 6.45) is 1.97. The summed E-state index contributed by atoms with van der Waals surface area (Å²) in [5.74, 6) is -1.26. The molecule has 152 valence electrons. The van der Waals surface area contributed by atoms with E-state index in [0.29, 0.717) is 11.4 Å². The highest BCUT2D eigenvalue weighted by molar-refractivity contribution is 5.96. The highest BCUT2D eigenvalue weighted by atomic mass is 16.6. The predicted molar refractivity (Wildman–Crippen MR) is 109 cm³/mol. The van der Waals surface area contributed by atoms with Gasteiger partial charge in [0.05, 0.1) is 10.5 Å². The summed E-state index contributed by atoms with van der Waals surface area (Å²) in [5, 5.41) is 14.1. The Morgan fingerprint density at radius 1 is 1.17 bits per heavy atom. The number of nitrogens with one attached hydrogen (secondary N) is 1. The molecule has 8 heteroatoms. The molecule has 0 bridgehead atoms. The molecule has 2 aromatic rings. The number of benzene rings is 2. The third kappa shape index (κ3) is 4.71. The van der Waals surface area contributed by atoms with Crippen LogP contribution in [0.25, 0.3) is 0 Å². The van der Waals surface area contributed by atoms with Crippen LogP contribution < -0.4 is 10.2 Å². The van der Waals surface area contributed by atoms with Gasteiger partial charge in [-0.05, 0) is 56.0 Å². The van der Waals surface area contributed by atoms with E-state index >= 15 is 0 Å². The number of nitro groups is 1. The Bertz CT molecular complexity index is 951. The molecule has 0 aliphatic carbocycles. The molecule has 2 aromatic carbocycles. The van der Waals surface area contributed by atoms with Crippen LogP contribution in [0.2, 0.25) is 0 Å². The van der Waals surface area contributed by atoms with Crippen LogP contribution in [0.5, 0.6) is 0 Å². The second-order valence-electron chi connectivity index (χ2n) is 7.03. The minimum atomic E-state index is -0.780. The number of hydrogen-bond donors (Lipinski definition) is 1. The van der Waals surface area contributed by atoms with E-state index in [9.17, 15) is 19.7 Å². The lowest BCUT2D eigenvalue weighted by Crippen LogP contribution is -2.22. The van der Waals surface area contributed by atoms with Gasteiger partial charge in [-0.3, -0.25) is 14.9 Å². The molecule has 0 aromatic heterocycles. The average Bonchev–Trinajstić information content (AvgIpc) is 3.24. The first-order valence-electron chi connectivity index (χ1n) is 9.43. The fourth-order valence-electron chi connectivity index (χ4n) is 3.31.